The van der Waals surface area contributed by atoms with Gasteiger partial charge >= 0.3 is 0 Å². The maximum atomic E-state index is 13.0. The fourth-order valence-electron chi connectivity index (χ4n) is 2.81. The van der Waals surface area contributed by atoms with E-state index < -0.39 is 0 Å². The molecule has 0 bridgehead atoms. The monoisotopic (exact) mass is 439 g/mol. The summed E-state index contributed by atoms with van der Waals surface area (Å²) < 4.78 is 18.6. The van der Waals surface area contributed by atoms with Gasteiger partial charge in [0, 0.05) is 16.6 Å². The highest BCUT2D eigenvalue weighted by Crippen LogP contribution is 2.25. The third-order valence-corrected chi connectivity index (χ3v) is 6.18. The second-order valence-electron chi connectivity index (χ2n) is 6.55. The lowest BCUT2D eigenvalue weighted by atomic mass is 10.1. The first-order chi connectivity index (χ1) is 14.5. The minimum atomic E-state index is -0.318. The van der Waals surface area contributed by atoms with Gasteiger partial charge in [0.2, 0.25) is 0 Å². The van der Waals surface area contributed by atoms with Gasteiger partial charge in [0.25, 0.3) is 5.91 Å². The molecule has 0 fully saturated rings. The Morgan fingerprint density at radius 2 is 1.80 bits per heavy atom. The standard InChI is InChI=1S/C22H18FN3O2S2/c1-13-21(30-20(24-13)11-28-18-9-5-16(23)6-10-18)22(27)26-17-7-3-15(4-8-17)19-12-29-14(2)25-19/h3-10,12H,11H2,1-2H3,(H,26,27). The summed E-state index contributed by atoms with van der Waals surface area (Å²) in [4.78, 5) is 22.1. The molecular weight excluding hydrogens is 421 g/mol. The smallest absolute Gasteiger partial charge is 0.267 e. The number of rotatable bonds is 6. The highest BCUT2D eigenvalue weighted by atomic mass is 32.1. The van der Waals surface area contributed by atoms with Crippen LogP contribution in [0.2, 0.25) is 0 Å². The van der Waals surface area contributed by atoms with Crippen molar-refractivity contribution in [2.24, 2.45) is 0 Å². The molecule has 1 amide bonds. The Hall–Kier alpha value is -3.10. The molecule has 2 aromatic carbocycles. The van der Waals surface area contributed by atoms with Gasteiger partial charge in [0.1, 0.15) is 28.1 Å². The number of amides is 1. The number of nitrogens with one attached hydrogen (secondary N) is 1. The van der Waals surface area contributed by atoms with Crippen LogP contribution in [0.15, 0.2) is 53.9 Å². The molecule has 0 saturated carbocycles. The predicted molar refractivity (Wildman–Crippen MR) is 118 cm³/mol. The van der Waals surface area contributed by atoms with Gasteiger partial charge in [-0.05, 0) is 50.2 Å². The van der Waals surface area contributed by atoms with Crippen LogP contribution in [0.1, 0.15) is 25.4 Å². The van der Waals surface area contributed by atoms with Gasteiger partial charge < -0.3 is 10.1 Å². The van der Waals surface area contributed by atoms with E-state index in [0.29, 0.717) is 27.0 Å². The molecule has 4 aromatic rings. The molecule has 4 rings (SSSR count). The van der Waals surface area contributed by atoms with Crippen molar-refractivity contribution >= 4 is 34.3 Å². The van der Waals surface area contributed by atoms with E-state index in [1.54, 1.807) is 30.4 Å². The van der Waals surface area contributed by atoms with Crippen molar-refractivity contribution in [3.63, 3.8) is 0 Å². The summed E-state index contributed by atoms with van der Waals surface area (Å²) in [7, 11) is 0. The molecule has 1 N–H and O–H groups in total. The Morgan fingerprint density at radius 3 is 2.47 bits per heavy atom. The zero-order valence-electron chi connectivity index (χ0n) is 16.3. The molecule has 8 heteroatoms. The van der Waals surface area contributed by atoms with Crippen LogP contribution in [-0.2, 0) is 6.61 Å². The van der Waals surface area contributed by atoms with Gasteiger partial charge in [-0.2, -0.15) is 0 Å². The topological polar surface area (TPSA) is 64.1 Å². The normalized spacial score (nSPS) is 10.8. The summed E-state index contributed by atoms with van der Waals surface area (Å²) >= 11 is 2.89. The average Bonchev–Trinajstić information content (AvgIpc) is 3.33. The Labute approximate surface area is 181 Å². The molecule has 0 aliphatic carbocycles. The molecule has 0 aliphatic heterocycles. The third kappa shape index (κ3) is 4.72. The Bertz CT molecular complexity index is 1170. The average molecular weight is 440 g/mol. The van der Waals surface area contributed by atoms with E-state index in [1.165, 1.54) is 23.5 Å². The fourth-order valence-corrected chi connectivity index (χ4v) is 4.30. The molecule has 2 aromatic heterocycles. The lowest BCUT2D eigenvalue weighted by Crippen LogP contribution is -2.11. The van der Waals surface area contributed by atoms with Crippen LogP contribution in [0, 0.1) is 19.7 Å². The molecule has 152 valence electrons. The van der Waals surface area contributed by atoms with Crippen molar-refractivity contribution in [2.45, 2.75) is 20.5 Å². The molecule has 0 unspecified atom stereocenters. The lowest BCUT2D eigenvalue weighted by Gasteiger charge is -2.05. The largest absolute Gasteiger partial charge is 0.486 e. The van der Waals surface area contributed by atoms with Crippen molar-refractivity contribution in [1.82, 2.24) is 9.97 Å². The van der Waals surface area contributed by atoms with Crippen molar-refractivity contribution in [2.75, 3.05) is 5.32 Å². The molecule has 0 saturated heterocycles. The second kappa shape index (κ2) is 8.73. The second-order valence-corrected chi connectivity index (χ2v) is 8.69. The van der Waals surface area contributed by atoms with E-state index in [0.717, 1.165) is 16.3 Å². The molecule has 30 heavy (non-hydrogen) atoms. The summed E-state index contributed by atoms with van der Waals surface area (Å²) in [6, 6.07) is 13.4. The first kappa shape index (κ1) is 20.2. The van der Waals surface area contributed by atoms with Crippen LogP contribution in [0.3, 0.4) is 0 Å². The van der Waals surface area contributed by atoms with E-state index in [2.05, 4.69) is 15.3 Å². The Balaban J connectivity index is 1.40. The highest BCUT2D eigenvalue weighted by molar-refractivity contribution is 7.13. The van der Waals surface area contributed by atoms with Crippen LogP contribution in [-0.4, -0.2) is 15.9 Å². The third-order valence-electron chi connectivity index (χ3n) is 4.28. The van der Waals surface area contributed by atoms with E-state index in [4.69, 9.17) is 4.74 Å². The molecule has 0 atom stereocenters. The number of benzene rings is 2. The summed E-state index contributed by atoms with van der Waals surface area (Å²) in [5, 5.41) is 6.61. The van der Waals surface area contributed by atoms with Gasteiger partial charge in [-0.1, -0.05) is 12.1 Å². The molecule has 2 heterocycles. The number of halogens is 1. The first-order valence-corrected chi connectivity index (χ1v) is 10.9. The molecule has 5 nitrogen and oxygen atoms in total. The van der Waals surface area contributed by atoms with Crippen molar-refractivity contribution in [3.05, 3.63) is 80.3 Å². The number of anilines is 1. The molecule has 0 spiro atoms. The number of nitrogens with zero attached hydrogens (tertiary/aromatic N) is 2. The summed E-state index contributed by atoms with van der Waals surface area (Å²) in [6.45, 7) is 3.98. The summed E-state index contributed by atoms with van der Waals surface area (Å²) in [5.74, 6) is 0.0158. The van der Waals surface area contributed by atoms with Crippen LogP contribution in [0.25, 0.3) is 11.3 Å². The van der Waals surface area contributed by atoms with E-state index in [9.17, 15) is 9.18 Å². The van der Waals surface area contributed by atoms with Crippen molar-refractivity contribution in [3.8, 4) is 17.0 Å². The number of ether oxygens (including phenoxy) is 1. The van der Waals surface area contributed by atoms with Gasteiger partial charge in [0.05, 0.1) is 16.4 Å². The minimum Gasteiger partial charge on any atom is -0.486 e. The SMILES string of the molecule is Cc1nc(-c2ccc(NC(=O)c3sc(COc4ccc(F)cc4)nc3C)cc2)cs1. The summed E-state index contributed by atoms with van der Waals surface area (Å²) in [5.41, 5.74) is 3.28. The number of carbonyl (C=O) groups is 1. The number of carbonyl (C=O) groups excluding carboxylic acids is 1. The van der Waals surface area contributed by atoms with Crippen LogP contribution >= 0.6 is 22.7 Å². The first-order valence-electron chi connectivity index (χ1n) is 9.16. The number of thiazole rings is 2. The number of hydrogen-bond acceptors (Lipinski definition) is 6. The van der Waals surface area contributed by atoms with Gasteiger partial charge in [-0.25, -0.2) is 14.4 Å². The zero-order chi connectivity index (χ0) is 21.1. The van der Waals surface area contributed by atoms with Crippen LogP contribution in [0.5, 0.6) is 5.75 Å². The van der Waals surface area contributed by atoms with Gasteiger partial charge in [-0.3, -0.25) is 4.79 Å². The predicted octanol–water partition coefficient (Wildman–Crippen LogP) is 5.85. The summed E-state index contributed by atoms with van der Waals surface area (Å²) in [6.07, 6.45) is 0. The molecule has 0 aliphatic rings. The van der Waals surface area contributed by atoms with Crippen molar-refractivity contribution < 1.29 is 13.9 Å². The highest BCUT2D eigenvalue weighted by Gasteiger charge is 2.16. The van der Waals surface area contributed by atoms with Crippen LogP contribution in [0.4, 0.5) is 10.1 Å². The quantitative estimate of drug-likeness (QED) is 0.409. The minimum absolute atomic E-state index is 0.213. The van der Waals surface area contributed by atoms with Crippen LogP contribution < -0.4 is 10.1 Å². The number of aromatic nitrogens is 2. The number of aryl methyl sites for hydroxylation is 2. The van der Waals surface area contributed by atoms with E-state index in [1.807, 2.05) is 36.6 Å². The van der Waals surface area contributed by atoms with Gasteiger partial charge in [-0.15, -0.1) is 22.7 Å². The molecular formula is C22H18FN3O2S2. The maximum Gasteiger partial charge on any atom is 0.267 e. The lowest BCUT2D eigenvalue weighted by molar-refractivity contribution is 0.103. The van der Waals surface area contributed by atoms with E-state index in [-0.39, 0.29) is 18.3 Å². The fraction of sp³-hybridized carbons (Fsp3) is 0.136. The van der Waals surface area contributed by atoms with E-state index >= 15 is 0 Å². The van der Waals surface area contributed by atoms with Gasteiger partial charge in [0.15, 0.2) is 0 Å². The Morgan fingerprint density at radius 1 is 1.07 bits per heavy atom. The zero-order valence-corrected chi connectivity index (χ0v) is 17.9. The number of hydrogen-bond donors (Lipinski definition) is 1. The molecule has 0 radical (unpaired) electrons. The Kier molecular flexibility index (Phi) is 5.87. The van der Waals surface area contributed by atoms with Crippen molar-refractivity contribution in [1.29, 1.82) is 0 Å². The maximum absolute atomic E-state index is 13.0.